The summed E-state index contributed by atoms with van der Waals surface area (Å²) in [5, 5.41) is 6.04. The molecule has 96 valence electrons. The third kappa shape index (κ3) is 1.81. The summed E-state index contributed by atoms with van der Waals surface area (Å²) >= 11 is 1.58. The lowest BCUT2D eigenvalue weighted by molar-refractivity contribution is -0.122. The number of rotatable bonds is 2. The van der Waals surface area contributed by atoms with Crippen molar-refractivity contribution in [3.63, 3.8) is 0 Å². The first-order valence-electron chi connectivity index (χ1n) is 6.00. The molecular weight excluding hydrogens is 250 g/mol. The van der Waals surface area contributed by atoms with Gasteiger partial charge in [-0.25, -0.2) is 0 Å². The summed E-state index contributed by atoms with van der Waals surface area (Å²) in [4.78, 5) is 18.7. The fourth-order valence-electron chi connectivity index (χ4n) is 2.51. The average Bonchev–Trinajstić information content (AvgIpc) is 3.01. The van der Waals surface area contributed by atoms with E-state index in [0.29, 0.717) is 6.54 Å². The molecule has 2 aliphatic rings. The van der Waals surface area contributed by atoms with E-state index in [1.54, 1.807) is 18.4 Å². The molecule has 0 aliphatic carbocycles. The van der Waals surface area contributed by atoms with Gasteiger partial charge in [-0.3, -0.25) is 9.79 Å². The van der Waals surface area contributed by atoms with E-state index in [9.17, 15) is 4.79 Å². The Hall–Kier alpha value is -1.40. The van der Waals surface area contributed by atoms with Gasteiger partial charge in [-0.15, -0.1) is 11.3 Å². The van der Waals surface area contributed by atoms with E-state index in [0.717, 1.165) is 11.4 Å². The second-order valence-electron chi connectivity index (χ2n) is 4.42. The number of amides is 1. The molecule has 3 heterocycles. The molecule has 0 aromatic carbocycles. The minimum Gasteiger partial charge on any atom is -0.476 e. The molecule has 3 rings (SSSR count). The van der Waals surface area contributed by atoms with Crippen LogP contribution in [0.3, 0.4) is 0 Å². The Kier molecular flexibility index (Phi) is 3.05. The summed E-state index contributed by atoms with van der Waals surface area (Å²) < 4.78 is 5.48. The van der Waals surface area contributed by atoms with Crippen molar-refractivity contribution in [3.05, 3.63) is 17.5 Å². The van der Waals surface area contributed by atoms with Crippen molar-refractivity contribution in [1.82, 2.24) is 5.32 Å². The summed E-state index contributed by atoms with van der Waals surface area (Å²) in [6.45, 7) is 0.694. The number of hydrogen-bond donors (Lipinski definition) is 1. The Morgan fingerprint density at radius 2 is 2.50 bits per heavy atom. The second-order valence-corrected chi connectivity index (χ2v) is 5.34. The summed E-state index contributed by atoms with van der Waals surface area (Å²) in [5.41, 5.74) is 0. The maximum Gasteiger partial charge on any atom is 0.248 e. The first kappa shape index (κ1) is 11.7. The number of thiophene rings is 1. The molecule has 1 aromatic rings. The minimum absolute atomic E-state index is 0.0675. The Labute approximate surface area is 109 Å². The number of hydrogen-bond acceptors (Lipinski definition) is 5. The number of aliphatic imine (C=N–C) groups is 1. The van der Waals surface area contributed by atoms with Crippen molar-refractivity contribution < 1.29 is 9.53 Å². The number of ether oxygens (including phenoxy) is 1. The van der Waals surface area contributed by atoms with Crippen LogP contribution in [-0.4, -0.2) is 44.1 Å². The van der Waals surface area contributed by atoms with Gasteiger partial charge in [0.25, 0.3) is 0 Å². The van der Waals surface area contributed by atoms with Crippen LogP contribution in [0, 0.1) is 0 Å². The molecule has 18 heavy (non-hydrogen) atoms. The van der Waals surface area contributed by atoms with Gasteiger partial charge in [0.15, 0.2) is 6.40 Å². The lowest BCUT2D eigenvalue weighted by atomic mass is 10.0. The molecule has 0 spiro atoms. The quantitative estimate of drug-likeness (QED) is 0.863. The first-order valence-corrected chi connectivity index (χ1v) is 6.88. The second kappa shape index (κ2) is 4.70. The number of nitrogens with one attached hydrogen (secondary N) is 1. The molecule has 0 bridgehead atoms. The van der Waals surface area contributed by atoms with Crippen molar-refractivity contribution in [2.24, 2.45) is 4.99 Å². The molecule has 2 aliphatic heterocycles. The number of carbonyl (C=O) groups excluding carboxylic acids is 1. The maximum absolute atomic E-state index is 12.6. The van der Waals surface area contributed by atoms with Crippen LogP contribution >= 0.6 is 11.3 Å². The maximum atomic E-state index is 12.6. The summed E-state index contributed by atoms with van der Waals surface area (Å²) in [6, 6.07) is 3.68. The highest BCUT2D eigenvalue weighted by atomic mass is 32.1. The van der Waals surface area contributed by atoms with Crippen LogP contribution in [-0.2, 0) is 9.53 Å². The number of anilines is 1. The molecule has 3 atom stereocenters. The molecule has 5 nitrogen and oxygen atoms in total. The van der Waals surface area contributed by atoms with Gasteiger partial charge < -0.3 is 15.0 Å². The minimum atomic E-state index is -0.331. The molecule has 0 saturated carbocycles. The highest BCUT2D eigenvalue weighted by Gasteiger charge is 2.42. The van der Waals surface area contributed by atoms with Crippen molar-refractivity contribution in [1.29, 1.82) is 0 Å². The van der Waals surface area contributed by atoms with Crippen molar-refractivity contribution >= 4 is 28.6 Å². The van der Waals surface area contributed by atoms with E-state index in [1.165, 1.54) is 6.40 Å². The predicted molar refractivity (Wildman–Crippen MR) is 71.3 cm³/mol. The highest BCUT2D eigenvalue weighted by molar-refractivity contribution is 7.14. The number of nitrogens with zero attached hydrogens (tertiary/aromatic N) is 2. The average molecular weight is 265 g/mol. The van der Waals surface area contributed by atoms with Crippen LogP contribution in [0.5, 0.6) is 0 Å². The largest absolute Gasteiger partial charge is 0.476 e. The Morgan fingerprint density at radius 1 is 1.61 bits per heavy atom. The van der Waals surface area contributed by atoms with Gasteiger partial charge in [0, 0.05) is 6.54 Å². The zero-order chi connectivity index (χ0) is 12.5. The van der Waals surface area contributed by atoms with Crippen LogP contribution in [0.15, 0.2) is 22.5 Å². The normalized spacial score (nSPS) is 31.1. The SMILES string of the molecule is CNC1C(=O)N(c2cccs2)CCC2N=COC21. The van der Waals surface area contributed by atoms with Crippen molar-refractivity contribution in [2.45, 2.75) is 24.6 Å². The monoisotopic (exact) mass is 265 g/mol. The smallest absolute Gasteiger partial charge is 0.248 e. The molecule has 1 aromatic heterocycles. The Balaban J connectivity index is 1.90. The standard InChI is InChI=1S/C12H15N3O2S/c1-13-10-11-8(14-7-17-11)4-5-15(12(10)16)9-3-2-6-18-9/h2-3,6-8,10-11,13H,4-5H2,1H3. The zero-order valence-electron chi connectivity index (χ0n) is 10.1. The molecule has 1 saturated heterocycles. The molecule has 1 fully saturated rings. The molecule has 0 radical (unpaired) electrons. The molecule has 1 amide bonds. The van der Waals surface area contributed by atoms with Gasteiger partial charge >= 0.3 is 0 Å². The van der Waals surface area contributed by atoms with Crippen molar-refractivity contribution in [3.8, 4) is 0 Å². The van der Waals surface area contributed by atoms with Gasteiger partial charge in [-0.1, -0.05) is 0 Å². The summed E-state index contributed by atoms with van der Waals surface area (Å²) in [7, 11) is 1.79. The van der Waals surface area contributed by atoms with Crippen LogP contribution in [0.1, 0.15) is 6.42 Å². The van der Waals surface area contributed by atoms with E-state index < -0.39 is 0 Å². The Morgan fingerprint density at radius 3 is 3.22 bits per heavy atom. The fourth-order valence-corrected chi connectivity index (χ4v) is 3.27. The van der Waals surface area contributed by atoms with Crippen LogP contribution < -0.4 is 10.2 Å². The van der Waals surface area contributed by atoms with Gasteiger partial charge in [0.2, 0.25) is 5.91 Å². The topological polar surface area (TPSA) is 53.9 Å². The van der Waals surface area contributed by atoms with Crippen LogP contribution in [0.2, 0.25) is 0 Å². The number of carbonyl (C=O) groups is 1. The third-order valence-electron chi connectivity index (χ3n) is 3.44. The highest BCUT2D eigenvalue weighted by Crippen LogP contribution is 2.28. The fraction of sp³-hybridized carbons (Fsp3) is 0.500. The zero-order valence-corrected chi connectivity index (χ0v) is 10.9. The summed E-state index contributed by atoms with van der Waals surface area (Å²) in [5.74, 6) is 0.0675. The number of likely N-dealkylation sites (N-methyl/N-ethyl adjacent to an activating group) is 1. The van der Waals surface area contributed by atoms with Gasteiger partial charge in [-0.2, -0.15) is 0 Å². The van der Waals surface area contributed by atoms with E-state index in [1.807, 2.05) is 22.4 Å². The number of fused-ring (bicyclic) bond motifs is 1. The van der Waals surface area contributed by atoms with Gasteiger partial charge in [0.1, 0.15) is 12.1 Å². The lowest BCUT2D eigenvalue weighted by Gasteiger charge is -2.25. The van der Waals surface area contributed by atoms with E-state index in [-0.39, 0.29) is 24.1 Å². The Bertz CT molecular complexity index is 460. The molecule has 6 heteroatoms. The summed E-state index contributed by atoms with van der Waals surface area (Å²) in [6.07, 6.45) is 2.14. The first-order chi connectivity index (χ1) is 8.81. The lowest BCUT2D eigenvalue weighted by Crippen LogP contribution is -2.51. The van der Waals surface area contributed by atoms with Gasteiger partial charge in [0.05, 0.1) is 11.0 Å². The van der Waals surface area contributed by atoms with Crippen LogP contribution in [0.4, 0.5) is 5.00 Å². The van der Waals surface area contributed by atoms with Crippen molar-refractivity contribution in [2.75, 3.05) is 18.5 Å². The predicted octanol–water partition coefficient (Wildman–Crippen LogP) is 0.868. The van der Waals surface area contributed by atoms with Crippen LogP contribution in [0.25, 0.3) is 0 Å². The molecule has 3 unspecified atom stereocenters. The third-order valence-corrected chi connectivity index (χ3v) is 4.33. The van der Waals surface area contributed by atoms with E-state index >= 15 is 0 Å². The van der Waals surface area contributed by atoms with E-state index in [4.69, 9.17) is 4.74 Å². The van der Waals surface area contributed by atoms with E-state index in [2.05, 4.69) is 10.3 Å². The van der Waals surface area contributed by atoms with Gasteiger partial charge in [-0.05, 0) is 31.0 Å². The molecular formula is C12H15N3O2S. The molecule has 1 N–H and O–H groups in total.